The van der Waals surface area contributed by atoms with Crippen LogP contribution >= 0.6 is 0 Å². The maximum Gasteiger partial charge on any atom is 0.174 e. The topological polar surface area (TPSA) is 61.0 Å². The average Bonchev–Trinajstić information content (AvgIpc) is 3.58. The molecule has 0 unspecified atom stereocenters. The van der Waals surface area contributed by atoms with Crippen molar-refractivity contribution in [2.45, 2.75) is 51.6 Å². The average molecular weight is 509 g/mol. The van der Waals surface area contributed by atoms with Crippen molar-refractivity contribution in [1.29, 1.82) is 0 Å². The summed E-state index contributed by atoms with van der Waals surface area (Å²) >= 11 is 0. The number of likely N-dealkylation sites (tertiary alicyclic amines) is 1. The molecule has 2 aliphatic heterocycles. The van der Waals surface area contributed by atoms with E-state index in [1.54, 1.807) is 7.11 Å². The second-order valence-corrected chi connectivity index (χ2v) is 10.6. The second-order valence-electron chi connectivity index (χ2n) is 10.6. The lowest BCUT2D eigenvalue weighted by Gasteiger charge is -2.37. The first-order chi connectivity index (χ1) is 18.7. The van der Waals surface area contributed by atoms with Gasteiger partial charge in [0.2, 0.25) is 0 Å². The molecule has 0 N–H and O–H groups in total. The van der Waals surface area contributed by atoms with Gasteiger partial charge in [-0.25, -0.2) is 14.6 Å². The van der Waals surface area contributed by atoms with Crippen molar-refractivity contribution in [2.75, 3.05) is 20.2 Å². The zero-order chi connectivity index (χ0) is 25.9. The number of hydrogen-bond acceptors (Lipinski definition) is 5. The first-order valence-corrected chi connectivity index (χ1v) is 13.7. The number of rotatable bonds is 7. The van der Waals surface area contributed by atoms with Crippen LogP contribution in [-0.4, -0.2) is 49.4 Å². The zero-order valence-electron chi connectivity index (χ0n) is 22.3. The molecular weight excluding hydrogens is 472 g/mol. The van der Waals surface area contributed by atoms with E-state index >= 15 is 0 Å². The highest BCUT2D eigenvalue weighted by molar-refractivity contribution is 5.69. The minimum Gasteiger partial charge on any atom is -0.495 e. The summed E-state index contributed by atoms with van der Waals surface area (Å²) in [7, 11) is 1.70. The van der Waals surface area contributed by atoms with Gasteiger partial charge in [0.15, 0.2) is 5.82 Å². The number of aryl methyl sites for hydroxylation is 2. The Morgan fingerprint density at radius 2 is 1.84 bits per heavy atom. The highest BCUT2D eigenvalue weighted by Crippen LogP contribution is 2.38. The van der Waals surface area contributed by atoms with Gasteiger partial charge in [-0.3, -0.25) is 4.90 Å². The minimum atomic E-state index is 0.510. The quantitative estimate of drug-likeness (QED) is 0.319. The number of benzene rings is 2. The number of piperidine rings is 1. The lowest BCUT2D eigenvalue weighted by molar-refractivity contribution is 0.149. The lowest BCUT2D eigenvalue weighted by Crippen LogP contribution is -2.36. The lowest BCUT2D eigenvalue weighted by atomic mass is 9.80. The molecule has 6 rings (SSSR count). The van der Waals surface area contributed by atoms with Gasteiger partial charge < -0.3 is 9.30 Å². The Bertz CT molecular complexity index is 1400. The summed E-state index contributed by atoms with van der Waals surface area (Å²) in [5.41, 5.74) is 4.40. The van der Waals surface area contributed by atoms with Crippen LogP contribution in [0.4, 0.5) is 0 Å². The molecule has 7 heteroatoms. The predicted octanol–water partition coefficient (Wildman–Crippen LogP) is 5.74. The largest absolute Gasteiger partial charge is 0.495 e. The van der Waals surface area contributed by atoms with E-state index in [1.807, 2.05) is 36.2 Å². The van der Waals surface area contributed by atoms with E-state index in [1.165, 1.54) is 37.1 Å². The Hall–Kier alpha value is -3.71. The summed E-state index contributed by atoms with van der Waals surface area (Å²) in [5, 5.41) is 4.86. The van der Waals surface area contributed by atoms with Gasteiger partial charge in [-0.1, -0.05) is 42.5 Å². The van der Waals surface area contributed by atoms with Gasteiger partial charge in [0.05, 0.1) is 24.8 Å². The fraction of sp³-hybridized carbons (Fsp3) is 0.387. The van der Waals surface area contributed by atoms with Crippen molar-refractivity contribution >= 4 is 12.2 Å². The molecule has 2 aliphatic rings. The molecule has 2 aromatic heterocycles. The highest BCUT2D eigenvalue weighted by atomic mass is 16.5. The first kappa shape index (κ1) is 24.6. The maximum atomic E-state index is 5.67. The Morgan fingerprint density at radius 3 is 2.61 bits per heavy atom. The summed E-state index contributed by atoms with van der Waals surface area (Å²) in [4.78, 5) is 12.0. The molecular formula is C31H36N6O. The molecule has 1 atom stereocenters. The number of imidazole rings is 1. The molecule has 1 saturated heterocycles. The van der Waals surface area contributed by atoms with Crippen LogP contribution in [-0.2, 0) is 13.1 Å². The van der Waals surface area contributed by atoms with Crippen molar-refractivity contribution in [3.05, 3.63) is 89.5 Å². The van der Waals surface area contributed by atoms with Crippen LogP contribution in [0.5, 0.6) is 5.75 Å². The van der Waals surface area contributed by atoms with E-state index < -0.39 is 0 Å². The summed E-state index contributed by atoms with van der Waals surface area (Å²) < 4.78 is 9.82. The van der Waals surface area contributed by atoms with E-state index in [9.17, 15) is 0 Å². The fourth-order valence-electron chi connectivity index (χ4n) is 6.01. The van der Waals surface area contributed by atoms with Gasteiger partial charge in [0.25, 0.3) is 0 Å². The Kier molecular flexibility index (Phi) is 7.10. The third kappa shape index (κ3) is 5.29. The van der Waals surface area contributed by atoms with Crippen LogP contribution in [0, 0.1) is 12.8 Å². The summed E-state index contributed by atoms with van der Waals surface area (Å²) in [6, 6.07) is 17.0. The molecule has 1 fully saturated rings. The Labute approximate surface area is 224 Å². The molecule has 196 valence electrons. The number of nitrogens with zero attached hydrogens (tertiary/aromatic N) is 6. The zero-order valence-corrected chi connectivity index (χ0v) is 22.3. The van der Waals surface area contributed by atoms with Crippen molar-refractivity contribution < 1.29 is 4.74 Å². The van der Waals surface area contributed by atoms with Crippen molar-refractivity contribution in [2.24, 2.45) is 5.92 Å². The van der Waals surface area contributed by atoms with Gasteiger partial charge in [-0.15, -0.1) is 0 Å². The maximum absolute atomic E-state index is 5.67. The molecule has 0 bridgehead atoms. The third-order valence-electron chi connectivity index (χ3n) is 8.00. The Balaban J connectivity index is 1.13. The van der Waals surface area contributed by atoms with Crippen molar-refractivity contribution in [3.63, 3.8) is 0 Å². The van der Waals surface area contributed by atoms with Gasteiger partial charge >= 0.3 is 0 Å². The molecule has 2 aromatic carbocycles. The standard InChI is InChI=1S/C31H36N6O/c1-23-20-36(22-32-23)28-12-10-24(19-29(28)38-2)11-13-30-33-31-27(9-6-16-37(31)34-30)26-14-17-35(18-15-26)21-25-7-4-3-5-8-25/h3-5,7-8,10-13,19-20,22,26-27H,6,9,14-18,21H2,1-2H3/t27-/m1/s1. The number of methoxy groups -OCH3 is 1. The molecule has 0 amide bonds. The van der Waals surface area contributed by atoms with E-state index in [0.29, 0.717) is 11.8 Å². The van der Waals surface area contributed by atoms with Crippen molar-refractivity contribution in [3.8, 4) is 11.4 Å². The SMILES string of the molecule is COc1cc(C=Cc2nc3n(n2)CCC[C@@H]3C2CCN(Cc3ccccc3)CC2)ccc1-n1cnc(C)c1. The molecule has 0 spiro atoms. The molecule has 4 aromatic rings. The normalized spacial score (nSPS) is 18.6. The monoisotopic (exact) mass is 508 g/mol. The van der Waals surface area contributed by atoms with Gasteiger partial charge in [0, 0.05) is 25.2 Å². The molecule has 0 aliphatic carbocycles. The van der Waals surface area contributed by atoms with Gasteiger partial charge in [-0.2, -0.15) is 5.10 Å². The van der Waals surface area contributed by atoms with Crippen LogP contribution < -0.4 is 4.74 Å². The van der Waals surface area contributed by atoms with E-state index in [-0.39, 0.29) is 0 Å². The first-order valence-electron chi connectivity index (χ1n) is 13.7. The van der Waals surface area contributed by atoms with Crippen LogP contribution in [0.3, 0.4) is 0 Å². The molecule has 7 nitrogen and oxygen atoms in total. The summed E-state index contributed by atoms with van der Waals surface area (Å²) in [6.07, 6.45) is 12.8. The molecule has 0 saturated carbocycles. The summed E-state index contributed by atoms with van der Waals surface area (Å²) in [5.74, 6) is 3.98. The van der Waals surface area contributed by atoms with E-state index in [2.05, 4.69) is 63.1 Å². The van der Waals surface area contributed by atoms with Crippen LogP contribution in [0.2, 0.25) is 0 Å². The number of ether oxygens (including phenoxy) is 1. The van der Waals surface area contributed by atoms with Gasteiger partial charge in [0.1, 0.15) is 11.6 Å². The third-order valence-corrected chi connectivity index (χ3v) is 8.00. The van der Waals surface area contributed by atoms with Gasteiger partial charge in [-0.05, 0) is 81.0 Å². The molecule has 38 heavy (non-hydrogen) atoms. The minimum absolute atomic E-state index is 0.510. The number of fused-ring (bicyclic) bond motifs is 1. The van der Waals surface area contributed by atoms with Crippen molar-refractivity contribution in [1.82, 2.24) is 29.2 Å². The molecule has 4 heterocycles. The fourth-order valence-corrected chi connectivity index (χ4v) is 6.01. The highest BCUT2D eigenvalue weighted by Gasteiger charge is 2.33. The van der Waals surface area contributed by atoms with Crippen LogP contribution in [0.1, 0.15) is 60.1 Å². The van der Waals surface area contributed by atoms with Crippen LogP contribution in [0.15, 0.2) is 61.1 Å². The van der Waals surface area contributed by atoms with E-state index in [4.69, 9.17) is 14.8 Å². The second kappa shape index (κ2) is 11.0. The smallest absolute Gasteiger partial charge is 0.174 e. The van der Waals surface area contributed by atoms with E-state index in [0.717, 1.165) is 54.7 Å². The summed E-state index contributed by atoms with van der Waals surface area (Å²) in [6.45, 7) is 6.32. The molecule has 0 radical (unpaired) electrons. The predicted molar refractivity (Wildman–Crippen MR) is 150 cm³/mol. The van der Waals surface area contributed by atoms with Crippen LogP contribution in [0.25, 0.3) is 17.8 Å². The number of aromatic nitrogens is 5. The Morgan fingerprint density at radius 1 is 1.00 bits per heavy atom. The number of hydrogen-bond donors (Lipinski definition) is 0.